The first-order chi connectivity index (χ1) is 11.6. The van der Waals surface area contributed by atoms with Gasteiger partial charge in [-0.1, -0.05) is 6.92 Å². The molecule has 0 spiro atoms. The topological polar surface area (TPSA) is 107 Å². The minimum absolute atomic E-state index is 0.171. The Balaban J connectivity index is 2.04. The predicted molar refractivity (Wildman–Crippen MR) is 89.7 cm³/mol. The van der Waals surface area contributed by atoms with Crippen LogP contribution in [0.2, 0.25) is 0 Å². The van der Waals surface area contributed by atoms with Crippen molar-refractivity contribution >= 4 is 17.5 Å². The predicted octanol–water partition coefficient (Wildman–Crippen LogP) is 1.49. The molecular formula is C17H18N4O3. The summed E-state index contributed by atoms with van der Waals surface area (Å²) in [5, 5.41) is 4.17. The summed E-state index contributed by atoms with van der Waals surface area (Å²) in [6.45, 7) is 1.77. The van der Waals surface area contributed by atoms with Crippen LogP contribution in [0.4, 0.5) is 0 Å². The SMILES string of the molecule is CC/C(=N\NC(=O)c1cccnc1)c1ccc(OCC(N)=O)cc1. The monoisotopic (exact) mass is 326 g/mol. The van der Waals surface area contributed by atoms with E-state index >= 15 is 0 Å². The van der Waals surface area contributed by atoms with E-state index in [0.29, 0.717) is 23.4 Å². The maximum atomic E-state index is 12.0. The average Bonchev–Trinajstić information content (AvgIpc) is 2.62. The van der Waals surface area contributed by atoms with Gasteiger partial charge in [0.15, 0.2) is 6.61 Å². The molecule has 0 fully saturated rings. The maximum Gasteiger partial charge on any atom is 0.272 e. The standard InChI is InChI=1S/C17H18N4O3/c1-2-15(20-21-17(23)13-4-3-9-19-10-13)12-5-7-14(8-6-12)24-11-16(18)22/h3-10H,2,11H2,1H3,(H2,18,22)(H,21,23)/b20-15+. The molecule has 0 unspecified atom stereocenters. The Bertz CT molecular complexity index is 727. The minimum atomic E-state index is -0.534. The number of pyridine rings is 1. The van der Waals surface area contributed by atoms with E-state index in [1.165, 1.54) is 6.20 Å². The van der Waals surface area contributed by atoms with Crippen molar-refractivity contribution in [3.8, 4) is 5.75 Å². The zero-order chi connectivity index (χ0) is 17.4. The van der Waals surface area contributed by atoms with Crippen molar-refractivity contribution in [1.82, 2.24) is 10.4 Å². The minimum Gasteiger partial charge on any atom is -0.484 e. The van der Waals surface area contributed by atoms with Gasteiger partial charge >= 0.3 is 0 Å². The summed E-state index contributed by atoms with van der Waals surface area (Å²) >= 11 is 0. The smallest absolute Gasteiger partial charge is 0.272 e. The molecule has 0 radical (unpaired) electrons. The number of ether oxygens (including phenoxy) is 1. The molecular weight excluding hydrogens is 308 g/mol. The number of hydrogen-bond acceptors (Lipinski definition) is 5. The van der Waals surface area contributed by atoms with Crippen LogP contribution in [0, 0.1) is 0 Å². The summed E-state index contributed by atoms with van der Waals surface area (Å²) < 4.78 is 5.20. The van der Waals surface area contributed by atoms with Crippen LogP contribution in [0.1, 0.15) is 29.3 Å². The van der Waals surface area contributed by atoms with Crippen LogP contribution >= 0.6 is 0 Å². The van der Waals surface area contributed by atoms with Crippen molar-refractivity contribution < 1.29 is 14.3 Å². The fourth-order valence-electron chi connectivity index (χ4n) is 1.93. The van der Waals surface area contributed by atoms with Gasteiger partial charge in [-0.25, -0.2) is 5.43 Å². The second-order valence-corrected chi connectivity index (χ2v) is 4.87. The molecule has 0 atom stereocenters. The molecule has 7 nitrogen and oxygen atoms in total. The maximum absolute atomic E-state index is 12.0. The Labute approximate surface area is 139 Å². The van der Waals surface area contributed by atoms with Crippen LogP contribution in [0.3, 0.4) is 0 Å². The van der Waals surface area contributed by atoms with Gasteiger partial charge in [-0.15, -0.1) is 0 Å². The number of carbonyl (C=O) groups is 2. The van der Waals surface area contributed by atoms with Gasteiger partial charge in [0.1, 0.15) is 5.75 Å². The highest BCUT2D eigenvalue weighted by Crippen LogP contribution is 2.13. The van der Waals surface area contributed by atoms with Gasteiger partial charge in [0.05, 0.1) is 11.3 Å². The Morgan fingerprint density at radius 1 is 1.21 bits per heavy atom. The Kier molecular flexibility index (Phi) is 6.01. The van der Waals surface area contributed by atoms with Crippen molar-refractivity contribution in [1.29, 1.82) is 0 Å². The highest BCUT2D eigenvalue weighted by Gasteiger charge is 2.06. The molecule has 3 N–H and O–H groups in total. The van der Waals surface area contributed by atoms with Crippen molar-refractivity contribution in [2.75, 3.05) is 6.61 Å². The Morgan fingerprint density at radius 2 is 1.96 bits per heavy atom. The average molecular weight is 326 g/mol. The van der Waals surface area contributed by atoms with E-state index in [1.807, 2.05) is 6.92 Å². The third-order valence-corrected chi connectivity index (χ3v) is 3.12. The summed E-state index contributed by atoms with van der Waals surface area (Å²) in [4.78, 5) is 26.6. The summed E-state index contributed by atoms with van der Waals surface area (Å²) in [5.74, 6) is -0.323. The Morgan fingerprint density at radius 3 is 2.54 bits per heavy atom. The first kappa shape index (κ1) is 17.1. The zero-order valence-electron chi connectivity index (χ0n) is 13.2. The lowest BCUT2D eigenvalue weighted by atomic mass is 10.1. The zero-order valence-corrected chi connectivity index (χ0v) is 13.2. The van der Waals surface area contributed by atoms with Gasteiger partial charge < -0.3 is 10.5 Å². The molecule has 124 valence electrons. The Hall–Kier alpha value is -3.22. The summed E-state index contributed by atoms with van der Waals surface area (Å²) in [5.41, 5.74) is 9.54. The third kappa shape index (κ3) is 4.91. The van der Waals surface area contributed by atoms with Crippen LogP contribution in [-0.4, -0.2) is 29.1 Å². The van der Waals surface area contributed by atoms with Gasteiger partial charge in [-0.2, -0.15) is 5.10 Å². The van der Waals surface area contributed by atoms with E-state index in [1.54, 1.807) is 42.6 Å². The summed E-state index contributed by atoms with van der Waals surface area (Å²) in [7, 11) is 0. The number of nitrogens with two attached hydrogens (primary N) is 1. The second-order valence-electron chi connectivity index (χ2n) is 4.87. The second kappa shape index (κ2) is 8.42. The normalized spacial score (nSPS) is 11.0. The van der Waals surface area contributed by atoms with E-state index < -0.39 is 5.91 Å². The summed E-state index contributed by atoms with van der Waals surface area (Å²) in [6.07, 6.45) is 3.70. The van der Waals surface area contributed by atoms with Crippen molar-refractivity contribution in [3.05, 3.63) is 59.9 Å². The molecule has 24 heavy (non-hydrogen) atoms. The fraction of sp³-hybridized carbons (Fsp3) is 0.176. The molecule has 2 rings (SSSR count). The number of nitrogens with one attached hydrogen (secondary N) is 1. The van der Waals surface area contributed by atoms with Crippen LogP contribution < -0.4 is 15.9 Å². The number of benzene rings is 1. The van der Waals surface area contributed by atoms with Crippen molar-refractivity contribution in [2.24, 2.45) is 10.8 Å². The molecule has 0 saturated carbocycles. The van der Waals surface area contributed by atoms with Crippen molar-refractivity contribution in [3.63, 3.8) is 0 Å². The molecule has 0 aliphatic rings. The number of aromatic nitrogens is 1. The van der Waals surface area contributed by atoms with E-state index in [2.05, 4.69) is 15.5 Å². The largest absolute Gasteiger partial charge is 0.484 e. The number of hydrogen-bond donors (Lipinski definition) is 2. The first-order valence-electron chi connectivity index (χ1n) is 7.38. The van der Waals surface area contributed by atoms with Gasteiger partial charge in [-0.05, 0) is 48.4 Å². The van der Waals surface area contributed by atoms with Gasteiger partial charge in [0.2, 0.25) is 0 Å². The van der Waals surface area contributed by atoms with Crippen LogP contribution in [0.25, 0.3) is 0 Å². The molecule has 0 aliphatic heterocycles. The number of carbonyl (C=O) groups excluding carboxylic acids is 2. The summed E-state index contributed by atoms with van der Waals surface area (Å²) in [6, 6.07) is 10.4. The van der Waals surface area contributed by atoms with Crippen molar-refractivity contribution in [2.45, 2.75) is 13.3 Å². The molecule has 2 amide bonds. The third-order valence-electron chi connectivity index (χ3n) is 3.12. The molecule has 1 aromatic carbocycles. The highest BCUT2D eigenvalue weighted by atomic mass is 16.5. The fourth-order valence-corrected chi connectivity index (χ4v) is 1.93. The molecule has 0 saturated heterocycles. The number of rotatable bonds is 7. The lowest BCUT2D eigenvalue weighted by Gasteiger charge is -2.07. The van der Waals surface area contributed by atoms with E-state index in [0.717, 1.165) is 5.56 Å². The van der Waals surface area contributed by atoms with E-state index in [9.17, 15) is 9.59 Å². The number of primary amides is 1. The number of nitrogens with zero attached hydrogens (tertiary/aromatic N) is 2. The molecule has 0 aliphatic carbocycles. The quantitative estimate of drug-likeness (QED) is 0.594. The molecule has 1 heterocycles. The lowest BCUT2D eigenvalue weighted by Crippen LogP contribution is -2.20. The molecule has 0 bridgehead atoms. The van der Waals surface area contributed by atoms with Crippen LogP contribution in [0.5, 0.6) is 5.75 Å². The number of amides is 2. The highest BCUT2D eigenvalue weighted by molar-refractivity contribution is 6.02. The van der Waals surface area contributed by atoms with Gasteiger partial charge in [0.25, 0.3) is 11.8 Å². The molecule has 7 heteroatoms. The molecule has 1 aromatic heterocycles. The molecule has 2 aromatic rings. The van der Waals surface area contributed by atoms with Crippen LogP contribution in [-0.2, 0) is 4.79 Å². The lowest BCUT2D eigenvalue weighted by molar-refractivity contribution is -0.119. The number of hydrazone groups is 1. The first-order valence-corrected chi connectivity index (χ1v) is 7.38. The van der Waals surface area contributed by atoms with Gasteiger partial charge in [0, 0.05) is 12.4 Å². The van der Waals surface area contributed by atoms with E-state index in [-0.39, 0.29) is 12.5 Å². The van der Waals surface area contributed by atoms with Gasteiger partial charge in [-0.3, -0.25) is 14.6 Å². The van der Waals surface area contributed by atoms with Crippen LogP contribution in [0.15, 0.2) is 53.9 Å². The van der Waals surface area contributed by atoms with E-state index in [4.69, 9.17) is 10.5 Å².